The zero-order valence-electron chi connectivity index (χ0n) is 10.5. The van der Waals surface area contributed by atoms with Gasteiger partial charge in [0.1, 0.15) is 12.1 Å². The van der Waals surface area contributed by atoms with E-state index in [1.54, 1.807) is 0 Å². The molecule has 0 bridgehead atoms. The van der Waals surface area contributed by atoms with Crippen LogP contribution >= 0.6 is 12.4 Å². The van der Waals surface area contributed by atoms with Crippen LogP contribution in [0, 0.1) is 5.92 Å². The van der Waals surface area contributed by atoms with Crippen molar-refractivity contribution in [3.63, 3.8) is 0 Å². The summed E-state index contributed by atoms with van der Waals surface area (Å²) in [5, 5.41) is 3.00. The molecule has 2 unspecified atom stereocenters. The summed E-state index contributed by atoms with van der Waals surface area (Å²) < 4.78 is 10.1. The van der Waals surface area contributed by atoms with Crippen molar-refractivity contribution in [2.24, 2.45) is 5.92 Å². The Morgan fingerprint density at radius 2 is 1.83 bits per heavy atom. The largest absolute Gasteiger partial charge is 0.468 e. The van der Waals surface area contributed by atoms with Gasteiger partial charge in [-0.05, 0) is 12.8 Å². The minimum atomic E-state index is -0.332. The molecule has 1 N–H and O–H groups in total. The van der Waals surface area contributed by atoms with Crippen LogP contribution in [0.15, 0.2) is 0 Å². The van der Waals surface area contributed by atoms with Crippen LogP contribution in [0.3, 0.4) is 0 Å². The van der Waals surface area contributed by atoms with Crippen LogP contribution in [0.4, 0.5) is 0 Å². The molecule has 1 saturated carbocycles. The molecule has 0 amide bonds. The molecule has 0 aromatic heterocycles. The lowest BCUT2D eigenvalue weighted by molar-refractivity contribution is -0.153. The zero-order chi connectivity index (χ0) is 12.3. The fourth-order valence-corrected chi connectivity index (χ4v) is 2.54. The third kappa shape index (κ3) is 3.59. The van der Waals surface area contributed by atoms with E-state index in [0.717, 1.165) is 25.7 Å². The zero-order valence-corrected chi connectivity index (χ0v) is 11.3. The van der Waals surface area contributed by atoms with Gasteiger partial charge in [0.05, 0.1) is 13.0 Å². The highest BCUT2D eigenvalue weighted by atomic mass is 35.5. The smallest absolute Gasteiger partial charge is 0.323 e. The second kappa shape index (κ2) is 6.95. The van der Waals surface area contributed by atoms with E-state index in [-0.39, 0.29) is 42.4 Å². The number of rotatable bonds is 3. The van der Waals surface area contributed by atoms with E-state index in [2.05, 4.69) is 10.1 Å². The standard InChI is InChI=1S/C12H19NO4.ClH/c1-16-12(15)10-6-9(7-13-10)17-11(14)8-4-2-3-5-8;/h8-10,13H,2-7H2,1H3;1H. The predicted octanol–water partition coefficient (Wildman–Crippen LogP) is 1.05. The molecule has 2 fully saturated rings. The molecule has 2 aliphatic rings. The molecule has 0 radical (unpaired) electrons. The number of hydrogen-bond acceptors (Lipinski definition) is 5. The Balaban J connectivity index is 0.00000162. The van der Waals surface area contributed by atoms with E-state index in [9.17, 15) is 9.59 Å². The lowest BCUT2D eigenvalue weighted by Crippen LogP contribution is -2.31. The summed E-state index contributed by atoms with van der Waals surface area (Å²) in [5.74, 6) is -0.309. The number of nitrogens with one attached hydrogen (secondary N) is 1. The summed E-state index contributed by atoms with van der Waals surface area (Å²) in [6.07, 6.45) is 4.46. The van der Waals surface area contributed by atoms with E-state index in [0.29, 0.717) is 13.0 Å². The van der Waals surface area contributed by atoms with E-state index < -0.39 is 0 Å². The summed E-state index contributed by atoms with van der Waals surface area (Å²) in [5.41, 5.74) is 0. The molecule has 18 heavy (non-hydrogen) atoms. The molecule has 0 aromatic carbocycles. The van der Waals surface area contributed by atoms with Crippen molar-refractivity contribution in [1.29, 1.82) is 0 Å². The summed E-state index contributed by atoms with van der Waals surface area (Å²) in [6.45, 7) is 0.540. The first-order valence-electron chi connectivity index (χ1n) is 6.22. The van der Waals surface area contributed by atoms with Crippen LogP contribution in [0.25, 0.3) is 0 Å². The molecule has 2 atom stereocenters. The van der Waals surface area contributed by atoms with Gasteiger partial charge >= 0.3 is 11.9 Å². The van der Waals surface area contributed by atoms with Crippen molar-refractivity contribution in [1.82, 2.24) is 5.32 Å². The van der Waals surface area contributed by atoms with Crippen molar-refractivity contribution in [2.45, 2.75) is 44.2 Å². The SMILES string of the molecule is COC(=O)C1CC(OC(=O)C2CCCC2)CN1.Cl. The van der Waals surface area contributed by atoms with Crippen molar-refractivity contribution in [3.8, 4) is 0 Å². The lowest BCUT2D eigenvalue weighted by Gasteiger charge is -2.14. The molecule has 1 aliphatic heterocycles. The first-order valence-corrected chi connectivity index (χ1v) is 6.22. The first-order chi connectivity index (χ1) is 8.20. The van der Waals surface area contributed by atoms with Gasteiger partial charge in [-0.1, -0.05) is 12.8 Å². The first kappa shape index (κ1) is 15.2. The van der Waals surface area contributed by atoms with Crippen LogP contribution in [-0.2, 0) is 19.1 Å². The molecule has 1 heterocycles. The van der Waals surface area contributed by atoms with Gasteiger partial charge in [-0.2, -0.15) is 0 Å². The molecule has 0 spiro atoms. The van der Waals surface area contributed by atoms with Gasteiger partial charge in [0.15, 0.2) is 0 Å². The van der Waals surface area contributed by atoms with Gasteiger partial charge in [-0.3, -0.25) is 9.59 Å². The van der Waals surface area contributed by atoms with Gasteiger partial charge in [0.25, 0.3) is 0 Å². The summed E-state index contributed by atoms with van der Waals surface area (Å²) in [7, 11) is 1.36. The monoisotopic (exact) mass is 277 g/mol. The van der Waals surface area contributed by atoms with E-state index in [1.807, 2.05) is 0 Å². The van der Waals surface area contributed by atoms with Crippen LogP contribution < -0.4 is 5.32 Å². The number of carbonyl (C=O) groups excluding carboxylic acids is 2. The van der Waals surface area contributed by atoms with Crippen molar-refractivity contribution >= 4 is 24.3 Å². The van der Waals surface area contributed by atoms with E-state index in [1.165, 1.54) is 7.11 Å². The molecule has 5 nitrogen and oxygen atoms in total. The number of esters is 2. The fraction of sp³-hybridized carbons (Fsp3) is 0.833. The number of ether oxygens (including phenoxy) is 2. The third-order valence-electron chi connectivity index (χ3n) is 3.55. The van der Waals surface area contributed by atoms with Crippen molar-refractivity contribution < 1.29 is 19.1 Å². The Hall–Kier alpha value is -0.810. The predicted molar refractivity (Wildman–Crippen MR) is 67.5 cm³/mol. The normalized spacial score (nSPS) is 27.6. The Labute approximate surface area is 113 Å². The van der Waals surface area contributed by atoms with Crippen molar-refractivity contribution in [2.75, 3.05) is 13.7 Å². The third-order valence-corrected chi connectivity index (χ3v) is 3.55. The minimum Gasteiger partial charge on any atom is -0.468 e. The molecule has 1 aliphatic carbocycles. The van der Waals surface area contributed by atoms with Crippen LogP contribution in [0.2, 0.25) is 0 Å². The highest BCUT2D eigenvalue weighted by Gasteiger charge is 2.34. The maximum atomic E-state index is 11.8. The highest BCUT2D eigenvalue weighted by molar-refractivity contribution is 5.85. The quantitative estimate of drug-likeness (QED) is 0.781. The second-order valence-electron chi connectivity index (χ2n) is 4.76. The lowest BCUT2D eigenvalue weighted by atomic mass is 10.1. The number of halogens is 1. The van der Waals surface area contributed by atoms with Gasteiger partial charge in [0, 0.05) is 13.0 Å². The van der Waals surface area contributed by atoms with E-state index in [4.69, 9.17) is 4.74 Å². The Morgan fingerprint density at radius 1 is 1.17 bits per heavy atom. The highest BCUT2D eigenvalue weighted by Crippen LogP contribution is 2.26. The molecular weight excluding hydrogens is 258 g/mol. The van der Waals surface area contributed by atoms with Gasteiger partial charge < -0.3 is 14.8 Å². The fourth-order valence-electron chi connectivity index (χ4n) is 2.54. The number of carbonyl (C=O) groups is 2. The van der Waals surface area contributed by atoms with Gasteiger partial charge in [-0.15, -0.1) is 12.4 Å². The molecule has 0 aromatic rings. The Morgan fingerprint density at radius 3 is 2.44 bits per heavy atom. The summed E-state index contributed by atoms with van der Waals surface area (Å²) in [4.78, 5) is 23.1. The van der Waals surface area contributed by atoms with E-state index >= 15 is 0 Å². The number of methoxy groups -OCH3 is 1. The molecule has 1 saturated heterocycles. The summed E-state index contributed by atoms with van der Waals surface area (Å²) in [6, 6.07) is -0.332. The average Bonchev–Trinajstić information content (AvgIpc) is 2.98. The van der Waals surface area contributed by atoms with Crippen LogP contribution in [0.1, 0.15) is 32.1 Å². The van der Waals surface area contributed by atoms with Crippen LogP contribution in [0.5, 0.6) is 0 Å². The molecule has 6 heteroatoms. The maximum absolute atomic E-state index is 11.8. The van der Waals surface area contributed by atoms with Gasteiger partial charge in [-0.25, -0.2) is 0 Å². The van der Waals surface area contributed by atoms with Crippen LogP contribution in [-0.4, -0.2) is 37.7 Å². The second-order valence-corrected chi connectivity index (χ2v) is 4.76. The number of hydrogen-bond donors (Lipinski definition) is 1. The minimum absolute atomic E-state index is 0. The van der Waals surface area contributed by atoms with Gasteiger partial charge in [0.2, 0.25) is 0 Å². The maximum Gasteiger partial charge on any atom is 0.323 e. The molecule has 104 valence electrons. The average molecular weight is 278 g/mol. The topological polar surface area (TPSA) is 64.6 Å². The molecule has 2 rings (SSSR count). The Kier molecular flexibility index (Phi) is 5.88. The molecular formula is C12H20ClNO4. The summed E-state index contributed by atoms with van der Waals surface area (Å²) >= 11 is 0. The van der Waals surface area contributed by atoms with Crippen molar-refractivity contribution in [3.05, 3.63) is 0 Å². The Bertz CT molecular complexity index is 304.